The molecule has 0 aliphatic heterocycles. The number of H-pyrrole nitrogens is 1. The van der Waals surface area contributed by atoms with E-state index in [4.69, 9.17) is 10.2 Å². The van der Waals surface area contributed by atoms with E-state index in [-0.39, 0.29) is 48.0 Å². The molecule has 12 heteroatoms. The van der Waals surface area contributed by atoms with Crippen molar-refractivity contribution in [1.82, 2.24) is 14.8 Å². The van der Waals surface area contributed by atoms with Gasteiger partial charge in [0.2, 0.25) is 5.91 Å². The van der Waals surface area contributed by atoms with E-state index in [0.717, 1.165) is 59.9 Å². The molecule has 0 radical (unpaired) electrons. The van der Waals surface area contributed by atoms with Gasteiger partial charge < -0.3 is 30.7 Å². The molecule has 0 saturated heterocycles. The number of anilines is 2. The molecular weight excluding hydrogens is 735 g/mol. The van der Waals surface area contributed by atoms with Gasteiger partial charge in [0.25, 0.3) is 11.8 Å². The zero-order valence-electron chi connectivity index (χ0n) is 33.6. The van der Waals surface area contributed by atoms with Crippen molar-refractivity contribution in [3.8, 4) is 0 Å². The molecule has 4 aromatic carbocycles. The number of carboxylic acid groups (broad SMARTS) is 2. The van der Waals surface area contributed by atoms with Crippen molar-refractivity contribution in [3.05, 3.63) is 130 Å². The average molecular weight is 788 g/mol. The van der Waals surface area contributed by atoms with E-state index in [9.17, 15) is 24.0 Å². The van der Waals surface area contributed by atoms with E-state index < -0.39 is 11.9 Å². The molecule has 3 amide bonds. The lowest BCUT2D eigenvalue weighted by atomic mass is 10.0. The second kappa shape index (κ2) is 20.2. The molecule has 5 rings (SSSR count). The number of benzene rings is 4. The maximum Gasteiger partial charge on any atom is 0.335 e. The summed E-state index contributed by atoms with van der Waals surface area (Å²) in [5, 5.41) is 24.7. The lowest BCUT2D eigenvalue weighted by molar-refractivity contribution is -0.140. The standard InChI is InChI=1S/C46H53N5O7/c1-5-37(6-2)51(26-25-50(4)40(52)23-24-41(53)54)29-33-11-8-12-35(28-33)44(55)49-43-42(38-22-13-30(3)27-39(38)48-43)45(56)47-36-20-16-32(17-21-36)10-7-9-31-14-18-34(19-15-31)46(57)58/h8,11-22,27-28,37,48H,5-7,9-10,23-26,29H2,1-4H3,(H,47,56)(H,49,55)(H,53,54)(H,57,58). The number of fused-ring (bicyclic) bond motifs is 1. The number of hydrogen-bond donors (Lipinski definition) is 5. The zero-order chi connectivity index (χ0) is 41.8. The number of nitrogens with one attached hydrogen (secondary N) is 3. The largest absolute Gasteiger partial charge is 0.481 e. The first kappa shape index (κ1) is 42.9. The van der Waals surface area contributed by atoms with Crippen molar-refractivity contribution in [1.29, 1.82) is 0 Å². The van der Waals surface area contributed by atoms with E-state index in [1.165, 1.54) is 0 Å². The molecule has 0 unspecified atom stereocenters. The lowest BCUT2D eigenvalue weighted by Gasteiger charge is -2.32. The van der Waals surface area contributed by atoms with E-state index in [2.05, 4.69) is 34.4 Å². The summed E-state index contributed by atoms with van der Waals surface area (Å²) in [4.78, 5) is 69.5. The molecular formula is C46H53N5O7. The summed E-state index contributed by atoms with van der Waals surface area (Å²) >= 11 is 0. The summed E-state index contributed by atoms with van der Waals surface area (Å²) in [6.07, 6.45) is 4.06. The minimum absolute atomic E-state index is 0.0431. The summed E-state index contributed by atoms with van der Waals surface area (Å²) in [6.45, 7) is 7.77. The Bertz CT molecular complexity index is 2230. The Morgan fingerprint density at radius 3 is 2.03 bits per heavy atom. The van der Waals surface area contributed by atoms with Gasteiger partial charge in [0.1, 0.15) is 5.82 Å². The Morgan fingerprint density at radius 1 is 0.724 bits per heavy atom. The molecule has 5 N–H and O–H groups in total. The molecule has 58 heavy (non-hydrogen) atoms. The second-order valence-electron chi connectivity index (χ2n) is 14.7. The normalized spacial score (nSPS) is 11.2. The van der Waals surface area contributed by atoms with Crippen LogP contribution < -0.4 is 10.6 Å². The topological polar surface area (TPSA) is 172 Å². The molecule has 1 aromatic heterocycles. The number of carboxylic acids is 2. The van der Waals surface area contributed by atoms with Crippen LogP contribution in [0.5, 0.6) is 0 Å². The summed E-state index contributed by atoms with van der Waals surface area (Å²) < 4.78 is 0. The van der Waals surface area contributed by atoms with Crippen molar-refractivity contribution in [3.63, 3.8) is 0 Å². The van der Waals surface area contributed by atoms with Gasteiger partial charge in [0.05, 0.1) is 17.5 Å². The third-order valence-electron chi connectivity index (χ3n) is 10.5. The van der Waals surface area contributed by atoms with Crippen LogP contribution in [0.4, 0.5) is 11.5 Å². The van der Waals surface area contributed by atoms with Gasteiger partial charge in [-0.15, -0.1) is 0 Å². The minimum atomic E-state index is -1.00. The Balaban J connectivity index is 1.26. The first-order valence-corrected chi connectivity index (χ1v) is 19.8. The molecule has 1 heterocycles. The number of carbonyl (C=O) groups is 5. The van der Waals surface area contributed by atoms with Crippen molar-refractivity contribution < 1.29 is 34.2 Å². The number of aromatic amines is 1. The number of likely N-dealkylation sites (N-methyl/N-ethyl adjacent to an activating group) is 1. The number of amides is 3. The van der Waals surface area contributed by atoms with Gasteiger partial charge in [-0.25, -0.2) is 4.79 Å². The molecule has 0 spiro atoms. The van der Waals surface area contributed by atoms with E-state index >= 15 is 0 Å². The van der Waals surface area contributed by atoms with Gasteiger partial charge in [-0.1, -0.05) is 62.4 Å². The number of hydrogen-bond acceptors (Lipinski definition) is 6. The smallest absolute Gasteiger partial charge is 0.335 e. The summed E-state index contributed by atoms with van der Waals surface area (Å²) in [7, 11) is 1.69. The Labute approximate surface area is 339 Å². The number of aryl methyl sites for hydroxylation is 3. The second-order valence-corrected chi connectivity index (χ2v) is 14.7. The van der Waals surface area contributed by atoms with Gasteiger partial charge in [-0.05, 0) is 104 Å². The predicted octanol–water partition coefficient (Wildman–Crippen LogP) is 8.17. The Kier molecular flexibility index (Phi) is 15.0. The molecule has 0 bridgehead atoms. The van der Waals surface area contributed by atoms with Gasteiger partial charge in [0.15, 0.2) is 0 Å². The fourth-order valence-electron chi connectivity index (χ4n) is 7.13. The maximum absolute atomic E-state index is 13.9. The zero-order valence-corrected chi connectivity index (χ0v) is 33.6. The van der Waals surface area contributed by atoms with Crippen molar-refractivity contribution in [2.75, 3.05) is 30.8 Å². The van der Waals surface area contributed by atoms with Crippen LogP contribution in [-0.2, 0) is 29.0 Å². The molecule has 304 valence electrons. The third kappa shape index (κ3) is 11.6. The van der Waals surface area contributed by atoms with Crippen molar-refractivity contribution in [2.24, 2.45) is 0 Å². The number of carbonyl (C=O) groups excluding carboxylic acids is 3. The highest BCUT2D eigenvalue weighted by Crippen LogP contribution is 2.29. The molecule has 0 saturated carbocycles. The van der Waals surface area contributed by atoms with E-state index in [0.29, 0.717) is 41.8 Å². The van der Waals surface area contributed by atoms with Crippen LogP contribution in [0.3, 0.4) is 0 Å². The van der Waals surface area contributed by atoms with Crippen molar-refractivity contribution >= 4 is 52.1 Å². The highest BCUT2D eigenvalue weighted by atomic mass is 16.4. The highest BCUT2D eigenvalue weighted by molar-refractivity contribution is 6.19. The van der Waals surface area contributed by atoms with E-state index in [1.807, 2.05) is 79.7 Å². The molecule has 0 aliphatic carbocycles. The number of rotatable bonds is 20. The van der Waals surface area contributed by atoms with Crippen LogP contribution in [0.25, 0.3) is 10.9 Å². The SMILES string of the molecule is CCC(CC)N(CCN(C)C(=O)CCC(=O)O)Cc1cccc(C(=O)Nc2[nH]c3cc(C)ccc3c2C(=O)Nc2ccc(CCCc3ccc(C(=O)O)cc3)cc2)c1. The summed E-state index contributed by atoms with van der Waals surface area (Å²) in [6, 6.07) is 27.9. The van der Waals surface area contributed by atoms with Crippen molar-refractivity contribution in [2.45, 2.75) is 78.3 Å². The van der Waals surface area contributed by atoms with Crippen LogP contribution in [0.2, 0.25) is 0 Å². The third-order valence-corrected chi connectivity index (χ3v) is 10.5. The summed E-state index contributed by atoms with van der Waals surface area (Å²) in [5.74, 6) is -2.61. The molecule has 0 atom stereocenters. The summed E-state index contributed by atoms with van der Waals surface area (Å²) in [5.41, 5.74) is 6.44. The first-order valence-electron chi connectivity index (χ1n) is 19.8. The fourth-order valence-corrected chi connectivity index (χ4v) is 7.13. The molecule has 0 fully saturated rings. The first-order chi connectivity index (χ1) is 27.8. The Hall–Kier alpha value is -6.27. The van der Waals surface area contributed by atoms with Crippen LogP contribution in [-0.4, -0.2) is 80.8 Å². The van der Waals surface area contributed by atoms with Gasteiger partial charge in [-0.3, -0.25) is 24.1 Å². The van der Waals surface area contributed by atoms with Crippen LogP contribution >= 0.6 is 0 Å². The number of aromatic carboxylic acids is 1. The molecule has 12 nitrogen and oxygen atoms in total. The quantitative estimate of drug-likeness (QED) is 0.0526. The highest BCUT2D eigenvalue weighted by Gasteiger charge is 2.23. The average Bonchev–Trinajstić information content (AvgIpc) is 3.56. The van der Waals surface area contributed by atoms with Gasteiger partial charge >= 0.3 is 11.9 Å². The number of aromatic nitrogens is 1. The Morgan fingerprint density at radius 2 is 1.40 bits per heavy atom. The minimum Gasteiger partial charge on any atom is -0.481 e. The fraction of sp³-hybridized carbons (Fsp3) is 0.326. The lowest BCUT2D eigenvalue weighted by Crippen LogP contribution is -2.41. The monoisotopic (exact) mass is 787 g/mol. The van der Waals surface area contributed by atoms with Gasteiger partial charge in [-0.2, -0.15) is 0 Å². The number of nitrogens with zero attached hydrogens (tertiary/aromatic N) is 2. The number of aliphatic carboxylic acids is 1. The van der Waals surface area contributed by atoms with Crippen LogP contribution in [0.1, 0.15) is 99.3 Å². The van der Waals surface area contributed by atoms with Crippen LogP contribution in [0.15, 0.2) is 91.0 Å². The predicted molar refractivity (Wildman–Crippen MR) is 227 cm³/mol. The molecule has 5 aromatic rings. The van der Waals surface area contributed by atoms with Gasteiger partial charge in [0, 0.05) is 61.3 Å². The molecule has 0 aliphatic rings. The van der Waals surface area contributed by atoms with Crippen LogP contribution in [0, 0.1) is 6.92 Å². The van der Waals surface area contributed by atoms with E-state index in [1.54, 1.807) is 30.1 Å². The maximum atomic E-state index is 13.9.